The number of nitrogens with two attached hydrogens (primary N) is 1. The fourth-order valence-electron chi connectivity index (χ4n) is 1.68. The monoisotopic (exact) mass is 278 g/mol. The standard InChI is InChI=1S/C14H22N4O2/c1-4-18(5-2)13(15)16-10-11-6-8-12(9-7-11)17-14(19)20-3/h6-9H,4-5,10H2,1-3H3,(H2,15,16)(H,17,19). The van der Waals surface area contributed by atoms with Crippen LogP contribution in [0.1, 0.15) is 19.4 Å². The van der Waals surface area contributed by atoms with Crippen LogP contribution in [-0.2, 0) is 11.3 Å². The van der Waals surface area contributed by atoms with Gasteiger partial charge in [-0.3, -0.25) is 5.32 Å². The molecule has 1 aromatic rings. The molecule has 0 bridgehead atoms. The summed E-state index contributed by atoms with van der Waals surface area (Å²) in [6, 6.07) is 7.39. The number of aliphatic imine (C=N–C) groups is 1. The molecule has 0 saturated heterocycles. The Kier molecular flexibility index (Phi) is 6.36. The van der Waals surface area contributed by atoms with Crippen molar-refractivity contribution in [2.45, 2.75) is 20.4 Å². The highest BCUT2D eigenvalue weighted by atomic mass is 16.5. The number of methoxy groups -OCH3 is 1. The summed E-state index contributed by atoms with van der Waals surface area (Å²) in [4.78, 5) is 17.4. The predicted molar refractivity (Wildman–Crippen MR) is 80.7 cm³/mol. The highest BCUT2D eigenvalue weighted by molar-refractivity contribution is 5.84. The molecular formula is C14H22N4O2. The average molecular weight is 278 g/mol. The molecule has 1 aromatic carbocycles. The Hall–Kier alpha value is -2.24. The molecule has 1 amide bonds. The van der Waals surface area contributed by atoms with Crippen LogP contribution in [0.15, 0.2) is 29.3 Å². The maximum atomic E-state index is 11.0. The molecule has 110 valence electrons. The first-order valence-electron chi connectivity index (χ1n) is 6.59. The van der Waals surface area contributed by atoms with Crippen molar-refractivity contribution in [3.05, 3.63) is 29.8 Å². The summed E-state index contributed by atoms with van der Waals surface area (Å²) in [7, 11) is 1.33. The van der Waals surface area contributed by atoms with Crippen molar-refractivity contribution in [3.8, 4) is 0 Å². The van der Waals surface area contributed by atoms with Crippen LogP contribution in [0.5, 0.6) is 0 Å². The Morgan fingerprint density at radius 3 is 2.40 bits per heavy atom. The van der Waals surface area contributed by atoms with E-state index in [9.17, 15) is 4.79 Å². The van der Waals surface area contributed by atoms with Gasteiger partial charge in [-0.2, -0.15) is 0 Å². The molecule has 0 aliphatic rings. The van der Waals surface area contributed by atoms with Gasteiger partial charge in [0, 0.05) is 18.8 Å². The van der Waals surface area contributed by atoms with Crippen molar-refractivity contribution in [3.63, 3.8) is 0 Å². The minimum Gasteiger partial charge on any atom is -0.453 e. The van der Waals surface area contributed by atoms with Crippen LogP contribution in [0.3, 0.4) is 0 Å². The van der Waals surface area contributed by atoms with Crippen molar-refractivity contribution < 1.29 is 9.53 Å². The van der Waals surface area contributed by atoms with E-state index in [0.717, 1.165) is 18.7 Å². The van der Waals surface area contributed by atoms with Crippen molar-refractivity contribution in [1.29, 1.82) is 0 Å². The van der Waals surface area contributed by atoms with Gasteiger partial charge in [-0.1, -0.05) is 12.1 Å². The second-order valence-electron chi connectivity index (χ2n) is 4.16. The summed E-state index contributed by atoms with van der Waals surface area (Å²) >= 11 is 0. The van der Waals surface area contributed by atoms with Crippen molar-refractivity contribution in [2.24, 2.45) is 10.7 Å². The van der Waals surface area contributed by atoms with E-state index in [0.29, 0.717) is 18.2 Å². The Bertz CT molecular complexity index is 453. The van der Waals surface area contributed by atoms with Gasteiger partial charge < -0.3 is 15.4 Å². The van der Waals surface area contributed by atoms with Gasteiger partial charge in [0.05, 0.1) is 13.7 Å². The zero-order valence-corrected chi connectivity index (χ0v) is 12.2. The maximum Gasteiger partial charge on any atom is 0.411 e. The lowest BCUT2D eigenvalue weighted by molar-refractivity contribution is 0.187. The van der Waals surface area contributed by atoms with E-state index in [4.69, 9.17) is 5.73 Å². The van der Waals surface area contributed by atoms with E-state index in [-0.39, 0.29) is 0 Å². The number of nitrogens with zero attached hydrogens (tertiary/aromatic N) is 2. The van der Waals surface area contributed by atoms with E-state index >= 15 is 0 Å². The van der Waals surface area contributed by atoms with Crippen molar-refractivity contribution >= 4 is 17.7 Å². The van der Waals surface area contributed by atoms with E-state index in [1.165, 1.54) is 7.11 Å². The highest BCUT2D eigenvalue weighted by Crippen LogP contribution is 2.10. The van der Waals surface area contributed by atoms with Gasteiger partial charge in [-0.25, -0.2) is 9.79 Å². The summed E-state index contributed by atoms with van der Waals surface area (Å²) in [5.74, 6) is 0.548. The number of guanidine groups is 1. The number of anilines is 1. The quantitative estimate of drug-likeness (QED) is 0.638. The van der Waals surface area contributed by atoms with Gasteiger partial charge in [0.1, 0.15) is 0 Å². The third kappa shape index (κ3) is 4.79. The zero-order valence-electron chi connectivity index (χ0n) is 12.2. The van der Waals surface area contributed by atoms with Gasteiger partial charge in [0.25, 0.3) is 0 Å². The fourth-order valence-corrected chi connectivity index (χ4v) is 1.68. The third-order valence-electron chi connectivity index (χ3n) is 2.90. The van der Waals surface area contributed by atoms with Gasteiger partial charge in [-0.05, 0) is 31.5 Å². The lowest BCUT2D eigenvalue weighted by atomic mass is 10.2. The minimum atomic E-state index is -0.485. The number of ether oxygens (including phenoxy) is 1. The molecular weight excluding hydrogens is 256 g/mol. The normalized spacial score (nSPS) is 11.1. The van der Waals surface area contributed by atoms with Crippen LogP contribution in [-0.4, -0.2) is 37.2 Å². The topological polar surface area (TPSA) is 80.0 Å². The Balaban J connectivity index is 2.61. The number of carbonyl (C=O) groups is 1. The van der Waals surface area contributed by atoms with Crippen LogP contribution in [0.4, 0.5) is 10.5 Å². The predicted octanol–water partition coefficient (Wildman–Crippen LogP) is 2.02. The smallest absolute Gasteiger partial charge is 0.411 e. The van der Waals surface area contributed by atoms with Gasteiger partial charge in [0.2, 0.25) is 0 Å². The molecule has 1 rings (SSSR count). The molecule has 0 fully saturated rings. The molecule has 0 saturated carbocycles. The molecule has 0 radical (unpaired) electrons. The minimum absolute atomic E-state index is 0.485. The van der Waals surface area contributed by atoms with Crippen LogP contribution in [0, 0.1) is 0 Å². The van der Waals surface area contributed by atoms with E-state index in [2.05, 4.69) is 15.0 Å². The average Bonchev–Trinajstić information content (AvgIpc) is 2.47. The second kappa shape index (κ2) is 8.04. The number of rotatable bonds is 5. The van der Waals surface area contributed by atoms with Crippen molar-refractivity contribution in [2.75, 3.05) is 25.5 Å². The Morgan fingerprint density at radius 2 is 1.90 bits per heavy atom. The second-order valence-corrected chi connectivity index (χ2v) is 4.16. The number of carbonyl (C=O) groups excluding carboxylic acids is 1. The Labute approximate surface area is 119 Å². The highest BCUT2D eigenvalue weighted by Gasteiger charge is 2.02. The fraction of sp³-hybridized carbons (Fsp3) is 0.429. The maximum absolute atomic E-state index is 11.0. The number of hydrogen-bond acceptors (Lipinski definition) is 3. The van der Waals surface area contributed by atoms with Crippen LogP contribution in [0.25, 0.3) is 0 Å². The van der Waals surface area contributed by atoms with Gasteiger partial charge in [0.15, 0.2) is 5.96 Å². The SMILES string of the molecule is CCN(CC)C(N)=NCc1ccc(NC(=O)OC)cc1. The van der Waals surface area contributed by atoms with Crippen molar-refractivity contribution in [1.82, 2.24) is 4.90 Å². The van der Waals surface area contributed by atoms with Gasteiger partial charge >= 0.3 is 6.09 Å². The number of amides is 1. The summed E-state index contributed by atoms with van der Waals surface area (Å²) in [5.41, 5.74) is 7.61. The third-order valence-corrected chi connectivity index (χ3v) is 2.90. The number of nitrogens with one attached hydrogen (secondary N) is 1. The Morgan fingerprint density at radius 1 is 1.30 bits per heavy atom. The summed E-state index contributed by atoms with van der Waals surface area (Å²) in [5, 5.41) is 2.59. The van der Waals surface area contributed by atoms with Crippen LogP contribution in [0.2, 0.25) is 0 Å². The summed E-state index contributed by atoms with van der Waals surface area (Å²) in [6.07, 6.45) is -0.485. The number of hydrogen-bond donors (Lipinski definition) is 2. The molecule has 6 nitrogen and oxygen atoms in total. The first kappa shape index (κ1) is 15.8. The zero-order chi connectivity index (χ0) is 15.0. The van der Waals surface area contributed by atoms with E-state index < -0.39 is 6.09 Å². The molecule has 0 spiro atoms. The lowest BCUT2D eigenvalue weighted by Crippen LogP contribution is -2.37. The lowest BCUT2D eigenvalue weighted by Gasteiger charge is -2.19. The van der Waals surface area contributed by atoms with E-state index in [1.807, 2.05) is 30.9 Å². The molecule has 0 aliphatic heterocycles. The van der Waals surface area contributed by atoms with Crippen LogP contribution >= 0.6 is 0 Å². The molecule has 0 heterocycles. The molecule has 0 aromatic heterocycles. The molecule has 0 aliphatic carbocycles. The molecule has 0 unspecified atom stereocenters. The summed E-state index contributed by atoms with van der Waals surface area (Å²) < 4.78 is 4.52. The first-order chi connectivity index (χ1) is 9.60. The van der Waals surface area contributed by atoms with E-state index in [1.54, 1.807) is 12.1 Å². The first-order valence-corrected chi connectivity index (χ1v) is 6.59. The number of benzene rings is 1. The molecule has 20 heavy (non-hydrogen) atoms. The molecule has 0 atom stereocenters. The summed E-state index contributed by atoms with van der Waals surface area (Å²) in [6.45, 7) is 6.28. The van der Waals surface area contributed by atoms with Gasteiger partial charge in [-0.15, -0.1) is 0 Å². The molecule has 6 heteroatoms. The van der Waals surface area contributed by atoms with Crippen LogP contribution < -0.4 is 11.1 Å². The molecule has 3 N–H and O–H groups in total. The largest absolute Gasteiger partial charge is 0.453 e.